The summed E-state index contributed by atoms with van der Waals surface area (Å²) in [6.45, 7) is -0.271. The van der Waals surface area contributed by atoms with Crippen molar-refractivity contribution in [1.29, 1.82) is 0 Å². The minimum absolute atomic E-state index is 0.271. The number of rotatable bonds is 5. The number of imidazole rings is 1. The Kier molecular flexibility index (Phi) is 5.28. The summed E-state index contributed by atoms with van der Waals surface area (Å²) in [5.41, 5.74) is 6.05. The third-order valence-electron chi connectivity index (χ3n) is 6.11. The highest BCUT2D eigenvalue weighted by Gasteiger charge is 2.54. The second-order valence-corrected chi connectivity index (χ2v) is 8.26. The Morgan fingerprint density at radius 3 is 2.74 bits per heavy atom. The highest BCUT2D eigenvalue weighted by molar-refractivity contribution is 7.81. The smallest absolute Gasteiger partial charge is 0.167 e. The Hall–Kier alpha value is -1.42. The summed E-state index contributed by atoms with van der Waals surface area (Å²) in [5, 5.41) is 19.8. The average molecular weight is 394 g/mol. The first-order valence-corrected chi connectivity index (χ1v) is 10.2. The van der Waals surface area contributed by atoms with Crippen LogP contribution in [0.5, 0.6) is 0 Å². The summed E-state index contributed by atoms with van der Waals surface area (Å²) in [6.07, 6.45) is 9.34. The van der Waals surface area contributed by atoms with Gasteiger partial charge in [0.1, 0.15) is 17.9 Å². The molecule has 9 heteroatoms. The van der Waals surface area contributed by atoms with E-state index in [4.69, 9.17) is 23.1 Å². The Morgan fingerprint density at radius 2 is 2.04 bits per heavy atom. The van der Waals surface area contributed by atoms with Crippen LogP contribution in [0, 0.1) is 5.92 Å². The number of hydrogen-bond acceptors (Lipinski definition) is 8. The van der Waals surface area contributed by atoms with Crippen LogP contribution < -0.4 is 5.73 Å². The van der Waals surface area contributed by atoms with Crippen LogP contribution in [0.15, 0.2) is 12.7 Å². The van der Waals surface area contributed by atoms with E-state index in [0.29, 0.717) is 29.3 Å². The topological polar surface area (TPSA) is 119 Å². The van der Waals surface area contributed by atoms with E-state index in [1.54, 1.807) is 6.33 Å². The predicted molar refractivity (Wildman–Crippen MR) is 104 cm³/mol. The normalized spacial score (nSPS) is 32.3. The molecular weight excluding hydrogens is 366 g/mol. The lowest BCUT2D eigenvalue weighted by molar-refractivity contribution is -0.120. The second kappa shape index (κ2) is 7.54. The molecule has 3 heterocycles. The average Bonchev–Trinajstić information content (AvgIpc) is 3.23. The van der Waals surface area contributed by atoms with E-state index < -0.39 is 23.2 Å². The number of aliphatic hydroxyl groups is 2. The van der Waals surface area contributed by atoms with E-state index in [1.807, 2.05) is 4.57 Å². The molecule has 0 unspecified atom stereocenters. The van der Waals surface area contributed by atoms with E-state index in [1.165, 1.54) is 38.4 Å². The number of aliphatic hydroxyl groups excluding tert-OH is 2. The summed E-state index contributed by atoms with van der Waals surface area (Å²) >= 11 is 4.71. The van der Waals surface area contributed by atoms with Gasteiger partial charge in [0.05, 0.1) is 24.3 Å². The van der Waals surface area contributed by atoms with Crippen LogP contribution >= 0.6 is 12.6 Å². The number of nitrogens with zero attached hydrogens (tertiary/aromatic N) is 4. The molecule has 8 nitrogen and oxygen atoms in total. The Bertz CT molecular complexity index is 796. The van der Waals surface area contributed by atoms with E-state index in [-0.39, 0.29) is 6.61 Å². The minimum atomic E-state index is -0.942. The molecule has 0 bridgehead atoms. The van der Waals surface area contributed by atoms with Crippen LogP contribution in [0.1, 0.15) is 44.9 Å². The van der Waals surface area contributed by atoms with Crippen LogP contribution in [0.25, 0.3) is 11.2 Å². The summed E-state index contributed by atoms with van der Waals surface area (Å²) in [7, 11) is 0. The summed E-state index contributed by atoms with van der Waals surface area (Å²) in [6, 6.07) is 0. The Labute approximate surface area is 163 Å². The van der Waals surface area contributed by atoms with Gasteiger partial charge in [0.15, 0.2) is 17.2 Å². The molecular formula is C18H27N5O3S. The van der Waals surface area contributed by atoms with Crippen molar-refractivity contribution >= 4 is 29.6 Å². The first-order valence-electron chi connectivity index (χ1n) is 9.65. The molecule has 2 fully saturated rings. The van der Waals surface area contributed by atoms with Crippen molar-refractivity contribution in [2.24, 2.45) is 5.92 Å². The molecule has 1 aliphatic carbocycles. The van der Waals surface area contributed by atoms with Gasteiger partial charge in [0.2, 0.25) is 0 Å². The maximum Gasteiger partial charge on any atom is 0.167 e. The van der Waals surface area contributed by atoms with Gasteiger partial charge in [0.25, 0.3) is 0 Å². The number of hydrogen-bond donors (Lipinski definition) is 4. The number of anilines is 1. The van der Waals surface area contributed by atoms with Crippen molar-refractivity contribution in [1.82, 2.24) is 19.5 Å². The summed E-state index contributed by atoms with van der Waals surface area (Å²) in [5.74, 6) is 0.939. The second-order valence-electron chi connectivity index (χ2n) is 7.71. The van der Waals surface area contributed by atoms with E-state index >= 15 is 0 Å². The van der Waals surface area contributed by atoms with Crippen LogP contribution in [0.4, 0.5) is 5.82 Å². The molecule has 0 aromatic carbocycles. The number of nitrogen functional groups attached to an aromatic ring is 1. The summed E-state index contributed by atoms with van der Waals surface area (Å²) < 4.78 is 8.07. The predicted octanol–water partition coefficient (Wildman–Crippen LogP) is 1.47. The van der Waals surface area contributed by atoms with Gasteiger partial charge >= 0.3 is 0 Å². The molecule has 0 radical (unpaired) electrons. The number of fused-ring (bicyclic) bond motifs is 1. The number of ether oxygens (including phenoxy) is 1. The van der Waals surface area contributed by atoms with E-state index in [0.717, 1.165) is 6.42 Å². The van der Waals surface area contributed by atoms with Crippen molar-refractivity contribution < 1.29 is 14.9 Å². The van der Waals surface area contributed by atoms with Gasteiger partial charge < -0.3 is 20.7 Å². The zero-order valence-electron chi connectivity index (χ0n) is 15.2. The molecule has 0 spiro atoms. The molecule has 4 N–H and O–H groups in total. The lowest BCUT2D eigenvalue weighted by Gasteiger charge is -2.36. The first kappa shape index (κ1) is 18.9. The molecule has 1 aliphatic heterocycles. The van der Waals surface area contributed by atoms with Gasteiger partial charge in [-0.25, -0.2) is 15.0 Å². The fourth-order valence-corrected chi connectivity index (χ4v) is 5.07. The highest BCUT2D eigenvalue weighted by Crippen LogP contribution is 2.45. The zero-order chi connectivity index (χ0) is 19.0. The largest absolute Gasteiger partial charge is 0.394 e. The first-order chi connectivity index (χ1) is 13.1. The third-order valence-corrected chi connectivity index (χ3v) is 6.82. The monoisotopic (exact) mass is 393 g/mol. The molecule has 27 heavy (non-hydrogen) atoms. The quantitative estimate of drug-likeness (QED) is 0.568. The van der Waals surface area contributed by atoms with Gasteiger partial charge in [0, 0.05) is 0 Å². The van der Waals surface area contributed by atoms with Crippen LogP contribution in [0.2, 0.25) is 0 Å². The molecule has 0 amide bonds. The maximum absolute atomic E-state index is 10.6. The van der Waals surface area contributed by atoms with Crippen molar-refractivity contribution in [3.05, 3.63) is 12.7 Å². The maximum atomic E-state index is 10.6. The third kappa shape index (κ3) is 3.20. The van der Waals surface area contributed by atoms with Gasteiger partial charge in [-0.3, -0.25) is 4.57 Å². The van der Waals surface area contributed by atoms with Gasteiger partial charge in [-0.1, -0.05) is 32.1 Å². The van der Waals surface area contributed by atoms with Crippen molar-refractivity contribution in [3.8, 4) is 0 Å². The molecule has 4 rings (SSSR count). The number of thiol groups is 1. The SMILES string of the molecule is Nc1ncnc2c1ncn2[C@]1(CCC2CCCCC2)O[C@H](CO)[C@@H](O)[C@H]1S. The molecule has 2 aliphatic rings. The fraction of sp³-hybridized carbons (Fsp3) is 0.722. The molecule has 1 saturated carbocycles. The number of aromatic nitrogens is 4. The van der Waals surface area contributed by atoms with Crippen LogP contribution in [0.3, 0.4) is 0 Å². The van der Waals surface area contributed by atoms with Crippen molar-refractivity contribution in [2.75, 3.05) is 12.3 Å². The number of nitrogens with two attached hydrogens (primary N) is 1. The molecule has 4 atom stereocenters. The molecule has 1 saturated heterocycles. The van der Waals surface area contributed by atoms with Gasteiger partial charge in [-0.05, 0) is 18.8 Å². The van der Waals surface area contributed by atoms with Crippen LogP contribution in [-0.4, -0.2) is 53.8 Å². The van der Waals surface area contributed by atoms with Crippen LogP contribution in [-0.2, 0) is 10.5 Å². The zero-order valence-corrected chi connectivity index (χ0v) is 16.1. The van der Waals surface area contributed by atoms with Gasteiger partial charge in [-0.2, -0.15) is 12.6 Å². The lowest BCUT2D eigenvalue weighted by atomic mass is 9.84. The standard InChI is InChI=1S/C18H27N5O3S/c19-16-13-17(21-9-20-16)23(10-22-13)18(7-6-11-4-2-1-3-5-11)15(27)14(25)12(8-24)26-18/h9-12,14-15,24-25,27H,1-8H2,(H2,19,20,21)/t12-,14-,15-,18-/m1/s1. The molecule has 148 valence electrons. The highest BCUT2D eigenvalue weighted by atomic mass is 32.1. The van der Waals surface area contributed by atoms with Crippen molar-refractivity contribution in [3.63, 3.8) is 0 Å². The Morgan fingerprint density at radius 1 is 1.26 bits per heavy atom. The van der Waals surface area contributed by atoms with E-state index in [9.17, 15) is 10.2 Å². The Balaban J connectivity index is 1.72. The van der Waals surface area contributed by atoms with Crippen molar-refractivity contribution in [2.45, 2.75) is 68.1 Å². The fourth-order valence-electron chi connectivity index (χ4n) is 4.56. The van der Waals surface area contributed by atoms with E-state index in [2.05, 4.69) is 15.0 Å². The minimum Gasteiger partial charge on any atom is -0.394 e. The molecule has 2 aromatic rings. The summed E-state index contributed by atoms with van der Waals surface area (Å²) in [4.78, 5) is 12.7. The lowest BCUT2D eigenvalue weighted by Crippen LogP contribution is -2.43. The van der Waals surface area contributed by atoms with Gasteiger partial charge in [-0.15, -0.1) is 0 Å². The molecule has 2 aromatic heterocycles.